The zero-order valence-electron chi connectivity index (χ0n) is 28.4. The van der Waals surface area contributed by atoms with Crippen molar-refractivity contribution in [1.82, 2.24) is 9.13 Å². The Balaban J connectivity index is 0.954. The van der Waals surface area contributed by atoms with Crippen LogP contribution in [-0.4, -0.2) is 18.7 Å². The predicted molar refractivity (Wildman–Crippen MR) is 221 cm³/mol. The second-order valence-electron chi connectivity index (χ2n) is 13.9. The largest absolute Gasteiger partial charge is 1.01 e. The van der Waals surface area contributed by atoms with E-state index in [0.717, 1.165) is 55.3 Å². The monoisotopic (exact) mass is 692 g/mol. The van der Waals surface area contributed by atoms with E-state index in [1.807, 2.05) is 0 Å². The van der Waals surface area contributed by atoms with E-state index in [1.54, 1.807) is 0 Å². The van der Waals surface area contributed by atoms with Crippen molar-refractivity contribution in [3.63, 3.8) is 0 Å². The normalized spacial score (nSPS) is 12.1. The van der Waals surface area contributed by atoms with Crippen molar-refractivity contribution in [2.75, 3.05) is 0 Å². The van der Waals surface area contributed by atoms with Crippen molar-refractivity contribution in [2.24, 2.45) is 0 Å². The van der Waals surface area contributed by atoms with Gasteiger partial charge in [-0.25, -0.2) is 0 Å². The summed E-state index contributed by atoms with van der Waals surface area (Å²) in [4.78, 5) is 0. The summed E-state index contributed by atoms with van der Waals surface area (Å²) in [6.45, 7) is 0. The SMILES string of the molecule is c1ccc2c(c1)c1ccccc1n2-c1ccc2oc3ccc([Si+2]c4ccc5oc6ccc(-n7c8ccccc8c8ccccc87)cc6c5c4)cc3c2c1. The number of aromatic nitrogens is 2. The summed E-state index contributed by atoms with van der Waals surface area (Å²) in [6, 6.07) is 61.0. The highest BCUT2D eigenvalue weighted by atomic mass is 28.2. The van der Waals surface area contributed by atoms with Gasteiger partial charge in [0.25, 0.3) is 0 Å². The van der Waals surface area contributed by atoms with Crippen LogP contribution in [0.3, 0.4) is 0 Å². The van der Waals surface area contributed by atoms with Crippen molar-refractivity contribution >= 4 is 107 Å². The van der Waals surface area contributed by atoms with Crippen molar-refractivity contribution in [3.05, 3.63) is 170 Å². The molecule has 0 aliphatic rings. The number of fused-ring (bicyclic) bond motifs is 12. The Bertz CT molecular complexity index is 3110. The molecule has 0 aliphatic heterocycles. The van der Waals surface area contributed by atoms with Gasteiger partial charge in [0.15, 0.2) is 0 Å². The van der Waals surface area contributed by atoms with Crippen molar-refractivity contribution in [2.45, 2.75) is 0 Å². The van der Waals surface area contributed by atoms with Gasteiger partial charge in [-0.1, -0.05) is 72.8 Å². The minimum absolute atomic E-state index is 0.475. The highest BCUT2D eigenvalue weighted by Crippen LogP contribution is 2.37. The molecule has 12 aromatic rings. The van der Waals surface area contributed by atoms with Gasteiger partial charge in [-0.2, -0.15) is 0 Å². The number of hydrogen-bond acceptors (Lipinski definition) is 2. The first-order chi connectivity index (χ1) is 26.2. The average molecular weight is 693 g/mol. The molecule has 12 rings (SSSR count). The summed E-state index contributed by atoms with van der Waals surface area (Å²) in [6.07, 6.45) is 0. The highest BCUT2D eigenvalue weighted by molar-refractivity contribution is 6.68. The van der Waals surface area contributed by atoms with Gasteiger partial charge in [-0.3, -0.25) is 0 Å². The van der Waals surface area contributed by atoms with Crippen molar-refractivity contribution < 1.29 is 8.83 Å². The van der Waals surface area contributed by atoms with Crippen molar-refractivity contribution in [1.29, 1.82) is 0 Å². The smallest absolute Gasteiger partial charge is 0.456 e. The van der Waals surface area contributed by atoms with Crippen LogP contribution in [0, 0.1) is 0 Å². The van der Waals surface area contributed by atoms with E-state index in [1.165, 1.54) is 54.0 Å². The van der Waals surface area contributed by atoms with Crippen LogP contribution in [0.2, 0.25) is 0 Å². The van der Waals surface area contributed by atoms with Gasteiger partial charge in [0, 0.05) is 78.7 Å². The molecule has 4 heterocycles. The first-order valence-electron chi connectivity index (χ1n) is 17.9. The first-order valence-corrected chi connectivity index (χ1v) is 18.9. The second-order valence-corrected chi connectivity index (χ2v) is 15.3. The minimum atomic E-state index is 0.475. The van der Waals surface area contributed by atoms with Crippen LogP contribution in [0.25, 0.3) is 98.9 Å². The van der Waals surface area contributed by atoms with E-state index in [4.69, 9.17) is 8.83 Å². The molecule has 5 heteroatoms. The molecule has 0 bridgehead atoms. The molecular weight excluding hydrogens is 665 g/mol. The van der Waals surface area contributed by atoms with Gasteiger partial charge in [0.05, 0.1) is 22.1 Å². The molecule has 0 atom stereocenters. The van der Waals surface area contributed by atoms with E-state index >= 15 is 0 Å². The van der Waals surface area contributed by atoms with E-state index in [0.29, 0.717) is 9.52 Å². The molecular formula is C48H28N2O2Si+2. The fraction of sp³-hybridized carbons (Fsp3) is 0. The minimum Gasteiger partial charge on any atom is -0.456 e. The lowest BCUT2D eigenvalue weighted by Crippen LogP contribution is -2.26. The molecule has 4 nitrogen and oxygen atoms in total. The molecule has 0 saturated heterocycles. The summed E-state index contributed by atoms with van der Waals surface area (Å²) < 4.78 is 17.5. The van der Waals surface area contributed by atoms with Gasteiger partial charge in [0.2, 0.25) is 0 Å². The fourth-order valence-electron chi connectivity index (χ4n) is 8.53. The van der Waals surface area contributed by atoms with Gasteiger partial charge in [-0.05, 0) is 72.8 Å². The third-order valence-corrected chi connectivity index (χ3v) is 12.1. The van der Waals surface area contributed by atoms with Crippen LogP contribution in [-0.2, 0) is 0 Å². The first kappa shape index (κ1) is 28.8. The Morgan fingerprint density at radius 1 is 0.302 bits per heavy atom. The predicted octanol–water partition coefficient (Wildman–Crippen LogP) is 11.3. The molecule has 244 valence electrons. The third kappa shape index (κ3) is 4.23. The molecule has 0 amide bonds. The molecule has 0 unspecified atom stereocenters. The number of nitrogens with zero attached hydrogens (tertiary/aromatic N) is 2. The molecule has 0 saturated carbocycles. The number of para-hydroxylation sites is 4. The average Bonchev–Trinajstić information content (AvgIpc) is 3.95. The van der Waals surface area contributed by atoms with Crippen LogP contribution >= 0.6 is 0 Å². The Kier molecular flexibility index (Phi) is 5.90. The third-order valence-electron chi connectivity index (χ3n) is 10.9. The summed E-state index contributed by atoms with van der Waals surface area (Å²) in [5.41, 5.74) is 10.7. The molecule has 0 aliphatic carbocycles. The maximum absolute atomic E-state index is 6.38. The van der Waals surface area contributed by atoms with Gasteiger partial charge >= 0.3 is 19.9 Å². The van der Waals surface area contributed by atoms with Gasteiger partial charge < -0.3 is 18.0 Å². The number of hydrogen-bond donors (Lipinski definition) is 0. The van der Waals surface area contributed by atoms with Crippen molar-refractivity contribution in [3.8, 4) is 11.4 Å². The lowest BCUT2D eigenvalue weighted by atomic mass is 10.1. The maximum Gasteiger partial charge on any atom is 1.01 e. The lowest BCUT2D eigenvalue weighted by molar-refractivity contribution is 0.668. The molecule has 53 heavy (non-hydrogen) atoms. The van der Waals surface area contributed by atoms with Crippen LogP contribution in [0.4, 0.5) is 0 Å². The van der Waals surface area contributed by atoms with Crippen LogP contribution < -0.4 is 10.4 Å². The van der Waals surface area contributed by atoms with Gasteiger partial charge in [0.1, 0.15) is 22.3 Å². The topological polar surface area (TPSA) is 36.1 Å². The molecule has 4 aromatic heterocycles. The number of rotatable bonds is 4. The van der Waals surface area contributed by atoms with E-state index in [9.17, 15) is 0 Å². The van der Waals surface area contributed by atoms with E-state index in [-0.39, 0.29) is 0 Å². The Hall–Kier alpha value is -6.82. The number of furan rings is 2. The Morgan fingerprint density at radius 3 is 1.00 bits per heavy atom. The summed E-state index contributed by atoms with van der Waals surface area (Å²) in [5.74, 6) is 0. The molecule has 0 radical (unpaired) electrons. The Morgan fingerprint density at radius 2 is 0.623 bits per heavy atom. The lowest BCUT2D eigenvalue weighted by Gasteiger charge is -2.07. The van der Waals surface area contributed by atoms with E-state index < -0.39 is 0 Å². The summed E-state index contributed by atoms with van der Waals surface area (Å²) in [5, 5.41) is 12.1. The van der Waals surface area contributed by atoms with Crippen LogP contribution in [0.5, 0.6) is 0 Å². The molecule has 8 aromatic carbocycles. The Labute approximate surface area is 305 Å². The van der Waals surface area contributed by atoms with Gasteiger partial charge in [-0.15, -0.1) is 0 Å². The highest BCUT2D eigenvalue weighted by Gasteiger charge is 2.43. The zero-order chi connectivity index (χ0) is 34.6. The van der Waals surface area contributed by atoms with Crippen LogP contribution in [0.15, 0.2) is 179 Å². The summed E-state index contributed by atoms with van der Waals surface area (Å²) in [7, 11) is 0.475. The fourth-order valence-corrected chi connectivity index (χ4v) is 9.63. The summed E-state index contributed by atoms with van der Waals surface area (Å²) >= 11 is 0. The zero-order valence-corrected chi connectivity index (χ0v) is 29.4. The molecule has 0 fully saturated rings. The second kappa shape index (κ2) is 10.8. The quantitative estimate of drug-likeness (QED) is 0.172. The van der Waals surface area contributed by atoms with Crippen LogP contribution in [0.1, 0.15) is 0 Å². The standard InChI is InChI=1S/C48H28N2O2Si/c1-5-13-41-33(9-1)34-10-2-6-14-42(34)49(41)29-17-21-45-37(25-29)39-27-31(19-23-47(39)51-45)53-32-20-24-48-40(28-32)38-26-30(18-22-46(38)52-48)50-43-15-7-3-11-35(43)36-12-4-8-16-44(36)50/h1-28H/q+2. The number of benzene rings is 8. The van der Waals surface area contributed by atoms with E-state index in [2.05, 4.69) is 179 Å². The maximum atomic E-state index is 6.38. The molecule has 0 N–H and O–H groups in total. The molecule has 0 spiro atoms.